The van der Waals surface area contributed by atoms with Gasteiger partial charge in [0, 0.05) is 49.8 Å². The largest absolute Gasteiger partial charge is 0.360 e. The number of hydrogen-bond donors (Lipinski definition) is 1. The maximum atomic E-state index is 13.3. The molecular formula is C26H28FN3O3. The van der Waals surface area contributed by atoms with E-state index in [9.17, 15) is 18.8 Å². The summed E-state index contributed by atoms with van der Waals surface area (Å²) in [6, 6.07) is 10.2. The van der Waals surface area contributed by atoms with Gasteiger partial charge in [0.15, 0.2) is 0 Å². The zero-order valence-corrected chi connectivity index (χ0v) is 19.2. The van der Waals surface area contributed by atoms with E-state index in [1.54, 1.807) is 12.1 Å². The molecule has 1 aliphatic heterocycles. The molecule has 6 nitrogen and oxygen atoms in total. The predicted molar refractivity (Wildman–Crippen MR) is 125 cm³/mol. The van der Waals surface area contributed by atoms with Crippen LogP contribution in [0.3, 0.4) is 0 Å². The first-order valence-corrected chi connectivity index (χ1v) is 11.2. The van der Waals surface area contributed by atoms with E-state index in [1.165, 1.54) is 37.3 Å². The van der Waals surface area contributed by atoms with Crippen LogP contribution in [-0.2, 0) is 11.2 Å². The highest BCUT2D eigenvalue weighted by Gasteiger charge is 2.27. The fourth-order valence-electron chi connectivity index (χ4n) is 4.59. The van der Waals surface area contributed by atoms with Crippen LogP contribution in [0.1, 0.15) is 44.7 Å². The Balaban J connectivity index is 1.50. The fraction of sp³-hybridized carbons (Fsp3) is 0.346. The Morgan fingerprint density at radius 2 is 1.70 bits per heavy atom. The minimum absolute atomic E-state index is 0.0619. The minimum Gasteiger partial charge on any atom is -0.360 e. The predicted octanol–water partition coefficient (Wildman–Crippen LogP) is 3.98. The molecule has 0 bridgehead atoms. The van der Waals surface area contributed by atoms with Gasteiger partial charge < -0.3 is 14.8 Å². The molecule has 0 spiro atoms. The molecule has 0 unspecified atom stereocenters. The number of aromatic nitrogens is 1. The highest BCUT2D eigenvalue weighted by Crippen LogP contribution is 2.29. The van der Waals surface area contributed by atoms with Crippen molar-refractivity contribution in [3.05, 3.63) is 70.7 Å². The summed E-state index contributed by atoms with van der Waals surface area (Å²) in [6.07, 6.45) is 4.18. The molecule has 33 heavy (non-hydrogen) atoms. The van der Waals surface area contributed by atoms with Crippen molar-refractivity contribution in [1.29, 1.82) is 0 Å². The maximum absolute atomic E-state index is 13.3. The number of hydrogen-bond acceptors (Lipinski definition) is 3. The molecule has 4 rings (SSSR count). The minimum atomic E-state index is -0.602. The highest BCUT2D eigenvalue weighted by atomic mass is 19.1. The molecule has 0 radical (unpaired) electrons. The summed E-state index contributed by atoms with van der Waals surface area (Å²) in [5, 5.41) is 0.618. The van der Waals surface area contributed by atoms with Crippen molar-refractivity contribution in [1.82, 2.24) is 14.8 Å². The van der Waals surface area contributed by atoms with Gasteiger partial charge in [0.1, 0.15) is 5.82 Å². The average Bonchev–Trinajstić information content (AvgIpc) is 3.25. The van der Waals surface area contributed by atoms with Crippen LogP contribution >= 0.6 is 0 Å². The van der Waals surface area contributed by atoms with Crippen LogP contribution in [0.5, 0.6) is 0 Å². The number of aryl methyl sites for hydroxylation is 1. The number of likely N-dealkylation sites (N-methyl/N-ethyl adjacent to an activating group) is 1. The molecule has 0 aliphatic carbocycles. The van der Waals surface area contributed by atoms with E-state index in [0.29, 0.717) is 35.5 Å². The molecular weight excluding hydrogens is 421 g/mol. The number of piperidine rings is 1. The smallest absolute Gasteiger partial charge is 0.294 e. The SMILES string of the molecule is Cc1c(C(=O)N2CCC(Cc3ccc(F)cc3)CC2)ccc2[nH]cc(C(=O)C(=O)N(C)C)c12. The molecule has 1 fully saturated rings. The van der Waals surface area contributed by atoms with Gasteiger partial charge in [-0.1, -0.05) is 12.1 Å². The van der Waals surface area contributed by atoms with Gasteiger partial charge in [-0.2, -0.15) is 0 Å². The Kier molecular flexibility index (Phi) is 6.31. The lowest BCUT2D eigenvalue weighted by Gasteiger charge is -2.32. The van der Waals surface area contributed by atoms with Crippen molar-refractivity contribution in [3.8, 4) is 0 Å². The molecule has 2 heterocycles. The Bertz CT molecular complexity index is 1210. The Labute approximate surface area is 192 Å². The quantitative estimate of drug-likeness (QED) is 0.473. The number of halogens is 1. The van der Waals surface area contributed by atoms with Crippen molar-refractivity contribution < 1.29 is 18.8 Å². The monoisotopic (exact) mass is 449 g/mol. The summed E-state index contributed by atoms with van der Waals surface area (Å²) < 4.78 is 13.1. The van der Waals surface area contributed by atoms with Crippen molar-refractivity contribution in [3.63, 3.8) is 0 Å². The van der Waals surface area contributed by atoms with Gasteiger partial charge in [-0.15, -0.1) is 0 Å². The van der Waals surface area contributed by atoms with Gasteiger partial charge in [-0.05, 0) is 67.5 Å². The number of benzene rings is 2. The number of Topliss-reactive ketones (excluding diaryl/α,β-unsaturated/α-hetero) is 1. The third kappa shape index (κ3) is 4.53. The number of rotatable bonds is 5. The second-order valence-corrected chi connectivity index (χ2v) is 8.96. The third-order valence-corrected chi connectivity index (χ3v) is 6.52. The number of nitrogens with one attached hydrogen (secondary N) is 1. The van der Waals surface area contributed by atoms with Crippen molar-refractivity contribution in [2.24, 2.45) is 5.92 Å². The molecule has 1 saturated heterocycles. The van der Waals surface area contributed by atoms with Gasteiger partial charge >= 0.3 is 0 Å². The molecule has 0 atom stereocenters. The maximum Gasteiger partial charge on any atom is 0.294 e. The molecule has 3 aromatic rings. The highest BCUT2D eigenvalue weighted by molar-refractivity contribution is 6.45. The van der Waals surface area contributed by atoms with Gasteiger partial charge in [-0.25, -0.2) is 4.39 Å². The second-order valence-electron chi connectivity index (χ2n) is 8.96. The molecule has 172 valence electrons. The molecule has 0 saturated carbocycles. The molecule has 1 N–H and O–H groups in total. The Morgan fingerprint density at radius 1 is 1.03 bits per heavy atom. The van der Waals surface area contributed by atoms with Crippen LogP contribution in [0, 0.1) is 18.7 Å². The number of amides is 2. The van der Waals surface area contributed by atoms with Gasteiger partial charge in [0.05, 0.1) is 5.56 Å². The van der Waals surface area contributed by atoms with Crippen LogP contribution in [-0.4, -0.2) is 59.6 Å². The van der Waals surface area contributed by atoms with E-state index in [-0.39, 0.29) is 17.3 Å². The summed E-state index contributed by atoms with van der Waals surface area (Å²) in [7, 11) is 3.08. The zero-order valence-electron chi connectivity index (χ0n) is 19.2. The lowest BCUT2D eigenvalue weighted by Crippen LogP contribution is -2.39. The standard InChI is InChI=1S/C26H28FN3O3/c1-16-20(8-9-22-23(16)21(15-28-22)24(31)26(33)29(2)3)25(32)30-12-10-18(11-13-30)14-17-4-6-19(27)7-5-17/h4-9,15,18,28H,10-14H2,1-3H3. The summed E-state index contributed by atoms with van der Waals surface area (Å²) in [4.78, 5) is 44.4. The number of likely N-dealkylation sites (tertiary alicyclic amines) is 1. The number of nitrogens with zero attached hydrogens (tertiary/aromatic N) is 2. The number of carbonyl (C=O) groups is 3. The van der Waals surface area contributed by atoms with E-state index < -0.39 is 11.7 Å². The molecule has 1 aromatic heterocycles. The zero-order chi connectivity index (χ0) is 23.7. The van der Waals surface area contributed by atoms with E-state index in [2.05, 4.69) is 4.98 Å². The van der Waals surface area contributed by atoms with Crippen molar-refractivity contribution in [2.75, 3.05) is 27.2 Å². The second kappa shape index (κ2) is 9.17. The van der Waals surface area contributed by atoms with E-state index in [1.807, 2.05) is 24.0 Å². The van der Waals surface area contributed by atoms with Crippen LogP contribution in [0.4, 0.5) is 4.39 Å². The van der Waals surface area contributed by atoms with Gasteiger partial charge in [0.25, 0.3) is 17.6 Å². The summed E-state index contributed by atoms with van der Waals surface area (Å²) in [5.41, 5.74) is 3.36. The average molecular weight is 450 g/mol. The van der Waals surface area contributed by atoms with Crippen molar-refractivity contribution in [2.45, 2.75) is 26.2 Å². The van der Waals surface area contributed by atoms with Crippen LogP contribution in [0.15, 0.2) is 42.6 Å². The molecule has 7 heteroatoms. The van der Waals surface area contributed by atoms with Gasteiger partial charge in [0.2, 0.25) is 0 Å². The molecule has 2 amide bonds. The molecule has 1 aliphatic rings. The number of fused-ring (bicyclic) bond motifs is 1. The summed E-state index contributed by atoms with van der Waals surface area (Å²) in [6.45, 7) is 3.13. The first kappa shape index (κ1) is 22.7. The first-order valence-electron chi connectivity index (χ1n) is 11.2. The summed E-state index contributed by atoms with van der Waals surface area (Å²) >= 11 is 0. The lowest BCUT2D eigenvalue weighted by atomic mass is 9.89. The van der Waals surface area contributed by atoms with E-state index in [0.717, 1.165) is 30.3 Å². The van der Waals surface area contributed by atoms with Crippen molar-refractivity contribution >= 4 is 28.5 Å². The summed E-state index contributed by atoms with van der Waals surface area (Å²) in [5.74, 6) is -1.04. The van der Waals surface area contributed by atoms with Crippen LogP contribution in [0.2, 0.25) is 0 Å². The van der Waals surface area contributed by atoms with Gasteiger partial charge in [-0.3, -0.25) is 14.4 Å². The number of carbonyl (C=O) groups excluding carboxylic acids is 3. The first-order chi connectivity index (χ1) is 15.8. The topological polar surface area (TPSA) is 73.5 Å². The number of aromatic amines is 1. The number of ketones is 1. The Morgan fingerprint density at radius 3 is 2.33 bits per heavy atom. The Hall–Kier alpha value is -3.48. The lowest BCUT2D eigenvalue weighted by molar-refractivity contribution is -0.124. The van der Waals surface area contributed by atoms with Crippen LogP contribution < -0.4 is 0 Å². The fourth-order valence-corrected chi connectivity index (χ4v) is 4.59. The molecule has 2 aromatic carbocycles. The number of H-pyrrole nitrogens is 1. The van der Waals surface area contributed by atoms with Crippen LogP contribution in [0.25, 0.3) is 10.9 Å². The normalized spacial score (nSPS) is 14.5. The van der Waals surface area contributed by atoms with E-state index >= 15 is 0 Å². The van der Waals surface area contributed by atoms with E-state index in [4.69, 9.17) is 0 Å². The third-order valence-electron chi connectivity index (χ3n) is 6.52.